The van der Waals surface area contributed by atoms with Crippen LogP contribution >= 0.6 is 0 Å². The van der Waals surface area contributed by atoms with Gasteiger partial charge in [-0.1, -0.05) is 30.3 Å². The predicted molar refractivity (Wildman–Crippen MR) is 88.9 cm³/mol. The number of aromatic nitrogens is 2. The van der Waals surface area contributed by atoms with Crippen molar-refractivity contribution in [2.24, 2.45) is 12.8 Å². The summed E-state index contributed by atoms with van der Waals surface area (Å²) in [5.41, 5.74) is 7.23. The van der Waals surface area contributed by atoms with Crippen LogP contribution in [0.2, 0.25) is 0 Å². The second-order valence-electron chi connectivity index (χ2n) is 6.03. The van der Waals surface area contributed by atoms with Crippen molar-refractivity contribution < 1.29 is 9.59 Å². The van der Waals surface area contributed by atoms with Crippen molar-refractivity contribution in [1.29, 1.82) is 0 Å². The van der Waals surface area contributed by atoms with Gasteiger partial charge in [0.1, 0.15) is 6.04 Å². The lowest BCUT2D eigenvalue weighted by molar-refractivity contribution is -0.125. The molecule has 24 heavy (non-hydrogen) atoms. The molecule has 1 saturated heterocycles. The van der Waals surface area contributed by atoms with Crippen molar-refractivity contribution >= 4 is 11.8 Å². The van der Waals surface area contributed by atoms with E-state index in [4.69, 9.17) is 5.73 Å². The maximum atomic E-state index is 12.5. The van der Waals surface area contributed by atoms with Gasteiger partial charge in [-0.15, -0.1) is 0 Å². The number of hydrogen-bond donors (Lipinski definition) is 1. The number of hydrogen-bond acceptors (Lipinski definition) is 4. The second-order valence-corrected chi connectivity index (χ2v) is 6.03. The van der Waals surface area contributed by atoms with E-state index in [1.807, 2.05) is 35.2 Å². The third kappa shape index (κ3) is 3.46. The third-order valence-electron chi connectivity index (χ3n) is 4.29. The minimum absolute atomic E-state index is 0.117. The highest BCUT2D eigenvalue weighted by Crippen LogP contribution is 2.16. The molecule has 0 bridgehead atoms. The van der Waals surface area contributed by atoms with Crippen molar-refractivity contribution in [1.82, 2.24) is 19.6 Å². The first-order valence-corrected chi connectivity index (χ1v) is 7.90. The summed E-state index contributed by atoms with van der Waals surface area (Å²) in [5, 5.41) is 4.02. The molecule has 126 valence electrons. The van der Waals surface area contributed by atoms with Gasteiger partial charge < -0.3 is 10.6 Å². The number of nitrogens with two attached hydrogens (primary N) is 1. The normalized spacial score (nSPS) is 18.5. The van der Waals surface area contributed by atoms with Gasteiger partial charge in [0, 0.05) is 39.4 Å². The van der Waals surface area contributed by atoms with Gasteiger partial charge in [-0.05, 0) is 5.56 Å². The standard InChI is InChI=1S/C17H21N5O2/c1-20-11-14(9-19-20)17(24)22-8-7-21(15(12-22)16(18)23)10-13-5-3-2-4-6-13/h2-6,9,11,15H,7-8,10,12H2,1H3,(H2,18,23)/t15-/m0/s1. The highest BCUT2D eigenvalue weighted by Gasteiger charge is 2.33. The zero-order chi connectivity index (χ0) is 17.1. The van der Waals surface area contributed by atoms with E-state index in [9.17, 15) is 9.59 Å². The van der Waals surface area contributed by atoms with Gasteiger partial charge in [-0.2, -0.15) is 5.10 Å². The van der Waals surface area contributed by atoms with Crippen LogP contribution in [0.15, 0.2) is 42.7 Å². The predicted octanol–water partition coefficient (Wildman–Crippen LogP) is 0.232. The van der Waals surface area contributed by atoms with E-state index in [-0.39, 0.29) is 5.91 Å². The molecule has 7 nitrogen and oxygen atoms in total. The van der Waals surface area contributed by atoms with E-state index in [1.165, 1.54) is 6.20 Å². The Bertz CT molecular complexity index is 728. The summed E-state index contributed by atoms with van der Waals surface area (Å²) in [7, 11) is 1.76. The van der Waals surface area contributed by atoms with Gasteiger partial charge in [0.2, 0.25) is 5.91 Å². The number of primary amides is 1. The molecule has 1 aromatic heterocycles. The molecule has 1 aromatic carbocycles. The molecule has 0 saturated carbocycles. The van der Waals surface area contributed by atoms with Crippen LogP contribution in [0.1, 0.15) is 15.9 Å². The fourth-order valence-corrected chi connectivity index (χ4v) is 3.00. The number of aryl methyl sites for hydroxylation is 1. The molecule has 7 heteroatoms. The Hall–Kier alpha value is -2.67. The Kier molecular flexibility index (Phi) is 4.61. The molecule has 1 fully saturated rings. The largest absolute Gasteiger partial charge is 0.368 e. The summed E-state index contributed by atoms with van der Waals surface area (Å²) in [5.74, 6) is -0.525. The van der Waals surface area contributed by atoms with Crippen molar-refractivity contribution in [3.63, 3.8) is 0 Å². The molecule has 2 amide bonds. The number of piperazine rings is 1. The number of benzene rings is 1. The van der Waals surface area contributed by atoms with Gasteiger partial charge in [0.05, 0.1) is 11.8 Å². The SMILES string of the molecule is Cn1cc(C(=O)N2CCN(Cc3ccccc3)[C@H](C(N)=O)C2)cn1. The Morgan fingerprint density at radius 1 is 1.25 bits per heavy atom. The van der Waals surface area contributed by atoms with E-state index in [0.29, 0.717) is 31.7 Å². The van der Waals surface area contributed by atoms with Crippen LogP contribution in [0.25, 0.3) is 0 Å². The molecule has 3 rings (SSSR count). The summed E-state index contributed by atoms with van der Waals surface area (Å²) >= 11 is 0. The summed E-state index contributed by atoms with van der Waals surface area (Å²) in [4.78, 5) is 28.1. The molecule has 2 N–H and O–H groups in total. The summed E-state index contributed by atoms with van der Waals surface area (Å²) < 4.78 is 1.59. The highest BCUT2D eigenvalue weighted by atomic mass is 16.2. The van der Waals surface area contributed by atoms with Crippen LogP contribution in [0.3, 0.4) is 0 Å². The maximum Gasteiger partial charge on any atom is 0.257 e. The van der Waals surface area contributed by atoms with Gasteiger partial charge in [0.25, 0.3) is 5.91 Å². The molecular formula is C17H21N5O2. The van der Waals surface area contributed by atoms with Crippen molar-refractivity contribution in [3.05, 3.63) is 53.9 Å². The van der Waals surface area contributed by atoms with Crippen LogP contribution in [0.5, 0.6) is 0 Å². The van der Waals surface area contributed by atoms with Crippen LogP contribution in [-0.4, -0.2) is 57.1 Å². The fraction of sp³-hybridized carbons (Fsp3) is 0.353. The Balaban J connectivity index is 1.71. The Labute approximate surface area is 140 Å². The Morgan fingerprint density at radius 2 is 2.00 bits per heavy atom. The lowest BCUT2D eigenvalue weighted by atomic mass is 10.1. The van der Waals surface area contributed by atoms with Gasteiger partial charge in [0.15, 0.2) is 0 Å². The van der Waals surface area contributed by atoms with E-state index >= 15 is 0 Å². The molecule has 1 atom stereocenters. The third-order valence-corrected chi connectivity index (χ3v) is 4.29. The topological polar surface area (TPSA) is 84.5 Å². The van der Waals surface area contributed by atoms with Crippen LogP contribution in [0.4, 0.5) is 0 Å². The first-order chi connectivity index (χ1) is 11.5. The van der Waals surface area contributed by atoms with E-state index in [1.54, 1.807) is 22.8 Å². The molecule has 2 heterocycles. The van der Waals surface area contributed by atoms with Gasteiger partial charge >= 0.3 is 0 Å². The van der Waals surface area contributed by atoms with E-state index < -0.39 is 11.9 Å². The smallest absolute Gasteiger partial charge is 0.257 e. The zero-order valence-electron chi connectivity index (χ0n) is 13.6. The first kappa shape index (κ1) is 16.2. The summed E-state index contributed by atoms with van der Waals surface area (Å²) in [6, 6.07) is 9.45. The van der Waals surface area contributed by atoms with Crippen LogP contribution in [-0.2, 0) is 18.4 Å². The summed E-state index contributed by atoms with van der Waals surface area (Å²) in [6.45, 7) is 2.11. The lowest BCUT2D eigenvalue weighted by Crippen LogP contribution is -2.58. The van der Waals surface area contributed by atoms with Gasteiger partial charge in [-0.25, -0.2) is 0 Å². The summed E-state index contributed by atoms with van der Waals surface area (Å²) in [6.07, 6.45) is 3.22. The van der Waals surface area contributed by atoms with Gasteiger partial charge in [-0.3, -0.25) is 19.2 Å². The molecule has 0 aliphatic carbocycles. The average molecular weight is 327 g/mol. The number of amides is 2. The molecule has 1 aliphatic rings. The molecule has 0 radical (unpaired) electrons. The second kappa shape index (κ2) is 6.84. The number of rotatable bonds is 4. The van der Waals surface area contributed by atoms with Crippen LogP contribution in [0, 0.1) is 0 Å². The zero-order valence-corrected chi connectivity index (χ0v) is 13.6. The highest BCUT2D eigenvalue weighted by molar-refractivity contribution is 5.94. The minimum Gasteiger partial charge on any atom is -0.368 e. The van der Waals surface area contributed by atoms with E-state index in [0.717, 1.165) is 5.56 Å². The maximum absolute atomic E-state index is 12.5. The minimum atomic E-state index is -0.487. The number of carbonyl (C=O) groups excluding carboxylic acids is 2. The van der Waals surface area contributed by atoms with Crippen molar-refractivity contribution in [3.8, 4) is 0 Å². The lowest BCUT2D eigenvalue weighted by Gasteiger charge is -2.39. The Morgan fingerprint density at radius 3 is 2.62 bits per heavy atom. The number of nitrogens with zero attached hydrogens (tertiary/aromatic N) is 4. The van der Waals surface area contributed by atoms with E-state index in [2.05, 4.69) is 5.10 Å². The quantitative estimate of drug-likeness (QED) is 0.871. The molecular weight excluding hydrogens is 306 g/mol. The average Bonchev–Trinajstić information content (AvgIpc) is 3.02. The van der Waals surface area contributed by atoms with Crippen molar-refractivity contribution in [2.45, 2.75) is 12.6 Å². The molecule has 1 aliphatic heterocycles. The van der Waals surface area contributed by atoms with Crippen LogP contribution < -0.4 is 5.73 Å². The fourth-order valence-electron chi connectivity index (χ4n) is 3.00. The molecule has 0 unspecified atom stereocenters. The molecule has 2 aromatic rings. The molecule has 0 spiro atoms. The first-order valence-electron chi connectivity index (χ1n) is 7.90. The monoisotopic (exact) mass is 327 g/mol. The number of carbonyl (C=O) groups is 2. The van der Waals surface area contributed by atoms with Crippen molar-refractivity contribution in [2.75, 3.05) is 19.6 Å².